The maximum atomic E-state index is 10.4. The molecule has 3 aromatic heterocycles. The Morgan fingerprint density at radius 1 is 0.319 bits per heavy atom. The lowest BCUT2D eigenvalue weighted by Gasteiger charge is -2.20. The first-order chi connectivity index (χ1) is 34.8. The van der Waals surface area contributed by atoms with E-state index in [9.17, 15) is 5.26 Å². The summed E-state index contributed by atoms with van der Waals surface area (Å²) >= 11 is 0. The number of benzene rings is 9. The topological polar surface area (TPSA) is 46.5 Å². The molecule has 0 fully saturated rings. The van der Waals surface area contributed by atoms with Gasteiger partial charge in [0, 0.05) is 27.1 Å². The number of nitriles is 1. The van der Waals surface area contributed by atoms with Crippen LogP contribution in [0.5, 0.6) is 0 Å². The Morgan fingerprint density at radius 3 is 0.917 bits per heavy atom. The molecule has 12 aromatic rings. The van der Waals surface area contributed by atoms with Crippen molar-refractivity contribution in [2.24, 2.45) is 0 Å². The zero-order valence-electron chi connectivity index (χ0n) is 42.1. The minimum atomic E-state index is 0.595. The van der Waals surface area contributed by atoms with Crippen molar-refractivity contribution in [2.45, 2.75) is 55.4 Å². The lowest BCUT2D eigenvalue weighted by Crippen LogP contribution is -2.05. The largest absolute Gasteiger partial charge is 0.307 e. The summed E-state index contributed by atoms with van der Waals surface area (Å²) in [5.74, 6) is 0. The molecule has 346 valence electrons. The molecule has 0 aliphatic heterocycles. The number of nitrogens with zero attached hydrogens (tertiary/aromatic N) is 4. The molecule has 0 aliphatic carbocycles. The SMILES string of the molecule is Cc1cc(C)cc(-c2ccc3c(c2)c2cc(-c4cc(C)cc(C)c4)ccc2n3-c2cncc(-n3c4ccc(-c5cc(C)cc(C)c5)cc4c4cc(-c5cc(C)cc(C)c5)ccc43)c2-c2cccc(C#N)c2)c1. The maximum absolute atomic E-state index is 10.4. The third kappa shape index (κ3) is 7.75. The molecule has 0 aliphatic rings. The highest BCUT2D eigenvalue weighted by Crippen LogP contribution is 2.45. The maximum Gasteiger partial charge on any atom is 0.0991 e. The van der Waals surface area contributed by atoms with E-state index in [-0.39, 0.29) is 0 Å². The molecule has 0 bridgehead atoms. The van der Waals surface area contributed by atoms with Crippen LogP contribution in [0.1, 0.15) is 50.1 Å². The van der Waals surface area contributed by atoms with Gasteiger partial charge in [0.25, 0.3) is 0 Å². The summed E-state index contributed by atoms with van der Waals surface area (Å²) in [6, 6.07) is 65.3. The number of fused-ring (bicyclic) bond motifs is 6. The van der Waals surface area contributed by atoms with Crippen LogP contribution in [0, 0.1) is 66.7 Å². The molecule has 0 saturated carbocycles. The minimum Gasteiger partial charge on any atom is -0.307 e. The summed E-state index contributed by atoms with van der Waals surface area (Å²) in [6.07, 6.45) is 4.02. The van der Waals surface area contributed by atoms with Crippen LogP contribution in [-0.4, -0.2) is 14.1 Å². The first kappa shape index (κ1) is 44.4. The van der Waals surface area contributed by atoms with Crippen molar-refractivity contribution >= 4 is 43.6 Å². The predicted octanol–water partition coefficient (Wildman–Crippen LogP) is 17.9. The van der Waals surface area contributed by atoms with Crippen molar-refractivity contribution < 1.29 is 0 Å². The van der Waals surface area contributed by atoms with Gasteiger partial charge in [-0.05, 0) is 166 Å². The van der Waals surface area contributed by atoms with Crippen LogP contribution in [0.4, 0.5) is 0 Å². The van der Waals surface area contributed by atoms with Crippen molar-refractivity contribution in [3.63, 3.8) is 0 Å². The highest BCUT2D eigenvalue weighted by molar-refractivity contribution is 6.14. The average Bonchev–Trinajstić information content (AvgIpc) is 3.86. The molecule has 0 unspecified atom stereocenters. The summed E-state index contributed by atoms with van der Waals surface area (Å²) in [5.41, 5.74) is 28.1. The normalized spacial score (nSPS) is 11.6. The van der Waals surface area contributed by atoms with Gasteiger partial charge in [-0.3, -0.25) is 4.98 Å². The van der Waals surface area contributed by atoms with Crippen molar-refractivity contribution in [1.29, 1.82) is 5.26 Å². The van der Waals surface area contributed by atoms with E-state index >= 15 is 0 Å². The molecule has 0 spiro atoms. The third-order valence-electron chi connectivity index (χ3n) is 14.4. The monoisotopic (exact) mass is 926 g/mol. The molecule has 0 N–H and O–H groups in total. The Hall–Kier alpha value is -8.78. The van der Waals surface area contributed by atoms with Crippen LogP contribution < -0.4 is 0 Å². The number of aryl methyl sites for hydroxylation is 8. The summed E-state index contributed by atoms with van der Waals surface area (Å²) in [6.45, 7) is 17.4. The van der Waals surface area contributed by atoms with Gasteiger partial charge in [-0.25, -0.2) is 0 Å². The second-order valence-electron chi connectivity index (χ2n) is 20.3. The van der Waals surface area contributed by atoms with Gasteiger partial charge in [-0.2, -0.15) is 5.26 Å². The van der Waals surface area contributed by atoms with Gasteiger partial charge in [-0.15, -0.1) is 0 Å². The van der Waals surface area contributed by atoms with Gasteiger partial charge in [0.15, 0.2) is 0 Å². The molecule has 0 atom stereocenters. The number of pyridine rings is 1. The van der Waals surface area contributed by atoms with E-state index < -0.39 is 0 Å². The van der Waals surface area contributed by atoms with Crippen molar-refractivity contribution in [2.75, 3.05) is 0 Å². The average molecular weight is 927 g/mol. The highest BCUT2D eigenvalue weighted by atomic mass is 15.0. The summed E-state index contributed by atoms with van der Waals surface area (Å²) in [7, 11) is 0. The van der Waals surface area contributed by atoms with Crippen LogP contribution in [-0.2, 0) is 0 Å². The Labute approximate surface area is 421 Å². The van der Waals surface area contributed by atoms with E-state index in [2.05, 4.69) is 222 Å². The van der Waals surface area contributed by atoms with E-state index in [1.165, 1.54) is 89.0 Å². The lowest BCUT2D eigenvalue weighted by atomic mass is 9.97. The Kier molecular flexibility index (Phi) is 10.7. The summed E-state index contributed by atoms with van der Waals surface area (Å²) < 4.78 is 4.80. The van der Waals surface area contributed by atoms with Crippen LogP contribution in [0.25, 0.3) is 111 Å². The van der Waals surface area contributed by atoms with Crippen molar-refractivity contribution in [3.8, 4) is 73.1 Å². The summed E-state index contributed by atoms with van der Waals surface area (Å²) in [5, 5.41) is 15.1. The van der Waals surface area contributed by atoms with Gasteiger partial charge in [0.1, 0.15) is 0 Å². The van der Waals surface area contributed by atoms with E-state index in [4.69, 9.17) is 4.98 Å². The minimum absolute atomic E-state index is 0.595. The van der Waals surface area contributed by atoms with Gasteiger partial charge in [-0.1, -0.05) is 154 Å². The van der Waals surface area contributed by atoms with Crippen LogP contribution >= 0.6 is 0 Å². The standard InChI is InChI=1S/C68H54N4/c1-40-20-41(2)25-54(24-40)49-12-16-62-58(33-49)59-34-50(55-26-42(3)21-43(4)27-55)13-17-63(59)71(62)66-38-70-39-67(68(66)53-11-9-10-48(32-53)37-69)72-64-18-14-51(56-28-44(5)22-45(6)29-56)35-60(64)61-36-52(15-19-65(61)72)57-30-46(7)23-47(8)31-57/h9-36,38-39H,1-8H3. The van der Waals surface area contributed by atoms with Crippen LogP contribution in [0.2, 0.25) is 0 Å². The van der Waals surface area contributed by atoms with Crippen LogP contribution in [0.3, 0.4) is 0 Å². The Bertz CT molecular complexity index is 3720. The molecular formula is C68H54N4. The molecule has 0 saturated heterocycles. The first-order valence-corrected chi connectivity index (χ1v) is 24.9. The zero-order chi connectivity index (χ0) is 49.5. The fraction of sp³-hybridized carbons (Fsp3) is 0.118. The van der Waals surface area contributed by atoms with Crippen molar-refractivity contribution in [1.82, 2.24) is 14.1 Å². The number of aromatic nitrogens is 3. The first-order valence-electron chi connectivity index (χ1n) is 24.9. The van der Waals surface area contributed by atoms with Crippen LogP contribution in [0.15, 0.2) is 182 Å². The third-order valence-corrected chi connectivity index (χ3v) is 14.4. The molecule has 9 aromatic carbocycles. The zero-order valence-corrected chi connectivity index (χ0v) is 42.1. The second-order valence-corrected chi connectivity index (χ2v) is 20.3. The quantitative estimate of drug-likeness (QED) is 0.160. The second kappa shape index (κ2) is 17.3. The fourth-order valence-electron chi connectivity index (χ4n) is 11.7. The van der Waals surface area contributed by atoms with E-state index in [1.54, 1.807) is 0 Å². The lowest BCUT2D eigenvalue weighted by molar-refractivity contribution is 1.09. The molecule has 3 heterocycles. The molecular weight excluding hydrogens is 873 g/mol. The molecule has 12 rings (SSSR count). The molecule has 0 amide bonds. The van der Waals surface area contributed by atoms with Gasteiger partial charge in [0.2, 0.25) is 0 Å². The number of rotatable bonds is 7. The van der Waals surface area contributed by atoms with E-state index in [0.29, 0.717) is 5.56 Å². The van der Waals surface area contributed by atoms with Gasteiger partial charge in [0.05, 0.1) is 57.5 Å². The smallest absolute Gasteiger partial charge is 0.0991 e. The Balaban J connectivity index is 1.17. The fourth-order valence-corrected chi connectivity index (χ4v) is 11.7. The highest BCUT2D eigenvalue weighted by Gasteiger charge is 2.24. The molecule has 4 heteroatoms. The van der Waals surface area contributed by atoms with Gasteiger partial charge >= 0.3 is 0 Å². The number of hydrogen-bond donors (Lipinski definition) is 0. The number of hydrogen-bond acceptors (Lipinski definition) is 2. The van der Waals surface area contributed by atoms with E-state index in [1.807, 2.05) is 30.6 Å². The molecule has 72 heavy (non-hydrogen) atoms. The van der Waals surface area contributed by atoms with Crippen molar-refractivity contribution in [3.05, 3.63) is 232 Å². The van der Waals surface area contributed by atoms with Gasteiger partial charge < -0.3 is 9.13 Å². The summed E-state index contributed by atoms with van der Waals surface area (Å²) in [4.78, 5) is 5.18. The molecule has 4 nitrogen and oxygen atoms in total. The predicted molar refractivity (Wildman–Crippen MR) is 303 cm³/mol. The molecule has 0 radical (unpaired) electrons. The van der Waals surface area contributed by atoms with E-state index in [0.717, 1.165) is 66.1 Å². The Morgan fingerprint density at radius 2 is 0.625 bits per heavy atom.